The molecule has 1 saturated carbocycles. The van der Waals surface area contributed by atoms with Crippen molar-refractivity contribution in [3.05, 3.63) is 28.2 Å². The molecule has 1 aliphatic carbocycles. The number of hydrogen-bond acceptors (Lipinski definition) is 2. The lowest BCUT2D eigenvalue weighted by Crippen LogP contribution is -2.44. The van der Waals surface area contributed by atoms with Crippen LogP contribution < -0.4 is 11.1 Å². The molecule has 2 rings (SSSR count). The second-order valence-corrected chi connectivity index (χ2v) is 5.12. The molecule has 94 valence electrons. The van der Waals surface area contributed by atoms with Gasteiger partial charge in [-0.15, -0.1) is 0 Å². The van der Waals surface area contributed by atoms with Crippen molar-refractivity contribution in [2.24, 2.45) is 5.73 Å². The van der Waals surface area contributed by atoms with Gasteiger partial charge in [0.1, 0.15) is 0 Å². The summed E-state index contributed by atoms with van der Waals surface area (Å²) in [6.07, 6.45) is -2.60. The van der Waals surface area contributed by atoms with Gasteiger partial charge in [-0.1, -0.05) is 0 Å². The highest BCUT2D eigenvalue weighted by molar-refractivity contribution is 9.10. The standard InChI is InChI=1S/C11H12BrF3N2/c12-9-3-6(11(13,14)15)1-2-10(9)17-8-4-7(16)5-8/h1-3,7-8,17H,4-5,16H2. The summed E-state index contributed by atoms with van der Waals surface area (Å²) < 4.78 is 37.7. The van der Waals surface area contributed by atoms with Crippen molar-refractivity contribution in [3.63, 3.8) is 0 Å². The van der Waals surface area contributed by atoms with Crippen molar-refractivity contribution in [2.45, 2.75) is 31.1 Å². The Bertz CT molecular complexity index is 414. The number of nitrogens with one attached hydrogen (secondary N) is 1. The molecule has 0 aromatic heterocycles. The zero-order valence-corrected chi connectivity index (χ0v) is 10.5. The van der Waals surface area contributed by atoms with E-state index in [2.05, 4.69) is 21.2 Å². The third-order valence-electron chi connectivity index (χ3n) is 2.83. The van der Waals surface area contributed by atoms with Crippen LogP contribution in [0.4, 0.5) is 18.9 Å². The number of alkyl halides is 3. The van der Waals surface area contributed by atoms with Crippen LogP contribution in [0.1, 0.15) is 18.4 Å². The smallest absolute Gasteiger partial charge is 0.381 e. The molecular weight excluding hydrogens is 297 g/mol. The number of anilines is 1. The summed E-state index contributed by atoms with van der Waals surface area (Å²) in [5.74, 6) is 0. The molecule has 0 saturated heterocycles. The quantitative estimate of drug-likeness (QED) is 0.879. The average molecular weight is 309 g/mol. The van der Waals surface area contributed by atoms with E-state index in [4.69, 9.17) is 5.73 Å². The molecule has 0 aliphatic heterocycles. The molecule has 0 radical (unpaired) electrons. The molecule has 3 N–H and O–H groups in total. The Hall–Kier alpha value is -0.750. The lowest BCUT2D eigenvalue weighted by atomic mass is 9.87. The summed E-state index contributed by atoms with van der Waals surface area (Å²) in [4.78, 5) is 0. The summed E-state index contributed by atoms with van der Waals surface area (Å²) in [6.45, 7) is 0. The maximum Gasteiger partial charge on any atom is 0.416 e. The lowest BCUT2D eigenvalue weighted by molar-refractivity contribution is -0.137. The molecule has 1 aromatic carbocycles. The highest BCUT2D eigenvalue weighted by Crippen LogP contribution is 2.35. The van der Waals surface area contributed by atoms with Gasteiger partial charge in [-0.05, 0) is 47.0 Å². The number of benzene rings is 1. The maximum atomic E-state index is 12.4. The second-order valence-electron chi connectivity index (χ2n) is 4.27. The summed E-state index contributed by atoms with van der Waals surface area (Å²) in [6, 6.07) is 4.07. The van der Waals surface area contributed by atoms with E-state index in [1.807, 2.05) is 0 Å². The fourth-order valence-corrected chi connectivity index (χ4v) is 2.30. The summed E-state index contributed by atoms with van der Waals surface area (Å²) >= 11 is 3.14. The Morgan fingerprint density at radius 2 is 1.94 bits per heavy atom. The van der Waals surface area contributed by atoms with E-state index >= 15 is 0 Å². The van der Waals surface area contributed by atoms with E-state index in [9.17, 15) is 13.2 Å². The van der Waals surface area contributed by atoms with Crippen molar-refractivity contribution in [1.82, 2.24) is 0 Å². The first-order valence-corrected chi connectivity index (χ1v) is 6.04. The number of nitrogens with two attached hydrogens (primary N) is 1. The van der Waals surface area contributed by atoms with Crippen LogP contribution in [0.25, 0.3) is 0 Å². The zero-order valence-electron chi connectivity index (χ0n) is 8.89. The minimum Gasteiger partial charge on any atom is -0.381 e. The van der Waals surface area contributed by atoms with Crippen LogP contribution in [0, 0.1) is 0 Å². The minimum atomic E-state index is -4.31. The van der Waals surface area contributed by atoms with Crippen LogP contribution in [0.2, 0.25) is 0 Å². The summed E-state index contributed by atoms with van der Waals surface area (Å²) in [5.41, 5.74) is 5.66. The molecule has 2 nitrogen and oxygen atoms in total. The highest BCUT2D eigenvalue weighted by Gasteiger charge is 2.31. The van der Waals surface area contributed by atoms with Gasteiger partial charge in [0.15, 0.2) is 0 Å². The molecule has 0 bridgehead atoms. The molecule has 0 heterocycles. The number of hydrogen-bond donors (Lipinski definition) is 2. The fourth-order valence-electron chi connectivity index (χ4n) is 1.81. The van der Waals surface area contributed by atoms with Crippen molar-refractivity contribution < 1.29 is 13.2 Å². The van der Waals surface area contributed by atoms with E-state index in [0.717, 1.165) is 25.0 Å². The van der Waals surface area contributed by atoms with Crippen LogP contribution in [0.5, 0.6) is 0 Å². The molecule has 0 amide bonds. The molecule has 1 aromatic rings. The summed E-state index contributed by atoms with van der Waals surface area (Å²) in [7, 11) is 0. The van der Waals surface area contributed by atoms with Gasteiger partial charge in [0.2, 0.25) is 0 Å². The largest absolute Gasteiger partial charge is 0.416 e. The van der Waals surface area contributed by atoms with E-state index < -0.39 is 11.7 Å². The Labute approximate surface area is 106 Å². The van der Waals surface area contributed by atoms with Gasteiger partial charge in [0, 0.05) is 22.2 Å². The molecule has 0 atom stereocenters. The monoisotopic (exact) mass is 308 g/mol. The van der Waals surface area contributed by atoms with Crippen molar-refractivity contribution in [3.8, 4) is 0 Å². The van der Waals surface area contributed by atoms with Crippen LogP contribution in [0.3, 0.4) is 0 Å². The van der Waals surface area contributed by atoms with Crippen LogP contribution in [-0.2, 0) is 6.18 Å². The molecule has 1 aliphatic rings. The van der Waals surface area contributed by atoms with Gasteiger partial charge in [-0.3, -0.25) is 0 Å². The van der Waals surface area contributed by atoms with Crippen LogP contribution in [0.15, 0.2) is 22.7 Å². The minimum absolute atomic E-state index is 0.209. The number of halogens is 4. The van der Waals surface area contributed by atoms with Crippen LogP contribution in [-0.4, -0.2) is 12.1 Å². The van der Waals surface area contributed by atoms with E-state index in [0.29, 0.717) is 10.2 Å². The predicted octanol–water partition coefficient (Wildman–Crippen LogP) is 3.37. The first-order valence-electron chi connectivity index (χ1n) is 5.25. The summed E-state index contributed by atoms with van der Waals surface area (Å²) in [5, 5.41) is 3.16. The predicted molar refractivity (Wildman–Crippen MR) is 63.8 cm³/mol. The highest BCUT2D eigenvalue weighted by atomic mass is 79.9. The normalized spacial score (nSPS) is 24.3. The Kier molecular flexibility index (Phi) is 3.36. The Morgan fingerprint density at radius 1 is 1.29 bits per heavy atom. The van der Waals surface area contributed by atoms with E-state index in [1.165, 1.54) is 6.07 Å². The molecule has 0 unspecified atom stereocenters. The molecule has 17 heavy (non-hydrogen) atoms. The SMILES string of the molecule is NC1CC(Nc2ccc(C(F)(F)F)cc2Br)C1. The third-order valence-corrected chi connectivity index (χ3v) is 3.49. The molecular formula is C11H12BrF3N2. The topological polar surface area (TPSA) is 38.0 Å². The van der Waals surface area contributed by atoms with Crippen molar-refractivity contribution >= 4 is 21.6 Å². The van der Waals surface area contributed by atoms with E-state index in [-0.39, 0.29) is 12.1 Å². The maximum absolute atomic E-state index is 12.4. The van der Waals surface area contributed by atoms with Gasteiger partial charge >= 0.3 is 6.18 Å². The Balaban J connectivity index is 2.09. The van der Waals surface area contributed by atoms with Gasteiger partial charge in [0.25, 0.3) is 0 Å². The molecule has 1 fully saturated rings. The molecule has 0 spiro atoms. The van der Waals surface area contributed by atoms with E-state index in [1.54, 1.807) is 0 Å². The average Bonchev–Trinajstić information content (AvgIpc) is 2.16. The first kappa shape index (κ1) is 12.7. The van der Waals surface area contributed by atoms with Crippen molar-refractivity contribution in [1.29, 1.82) is 0 Å². The van der Waals surface area contributed by atoms with Crippen molar-refractivity contribution in [2.75, 3.05) is 5.32 Å². The fraction of sp³-hybridized carbons (Fsp3) is 0.455. The molecule has 6 heteroatoms. The Morgan fingerprint density at radius 3 is 2.41 bits per heavy atom. The lowest BCUT2D eigenvalue weighted by Gasteiger charge is -2.34. The van der Waals surface area contributed by atoms with Gasteiger partial charge in [-0.25, -0.2) is 0 Å². The van der Waals surface area contributed by atoms with Gasteiger partial charge in [0.05, 0.1) is 5.56 Å². The first-order chi connectivity index (χ1) is 7.86. The van der Waals surface area contributed by atoms with Crippen LogP contribution >= 0.6 is 15.9 Å². The van der Waals surface area contributed by atoms with Gasteiger partial charge < -0.3 is 11.1 Å². The second kappa shape index (κ2) is 4.49. The van der Waals surface area contributed by atoms with Gasteiger partial charge in [-0.2, -0.15) is 13.2 Å². The number of rotatable bonds is 2. The zero-order chi connectivity index (χ0) is 12.6. The third kappa shape index (κ3) is 2.93.